The summed E-state index contributed by atoms with van der Waals surface area (Å²) >= 11 is 0. The zero-order valence-electron chi connectivity index (χ0n) is 12.6. The van der Waals surface area contributed by atoms with E-state index < -0.39 is 23.1 Å². The maximum absolute atomic E-state index is 14.1. The first kappa shape index (κ1) is 16.2. The number of halogens is 2. The van der Waals surface area contributed by atoms with E-state index in [1.807, 2.05) is 6.07 Å². The van der Waals surface area contributed by atoms with E-state index in [1.165, 1.54) is 36.4 Å². The van der Waals surface area contributed by atoms with Crippen molar-refractivity contribution in [2.24, 2.45) is 0 Å². The second kappa shape index (κ2) is 6.45. The van der Waals surface area contributed by atoms with E-state index in [2.05, 4.69) is 4.98 Å². The molecule has 2 N–H and O–H groups in total. The van der Waals surface area contributed by atoms with Crippen molar-refractivity contribution < 1.29 is 23.7 Å². The molecule has 0 fully saturated rings. The van der Waals surface area contributed by atoms with Crippen LogP contribution in [-0.4, -0.2) is 15.2 Å². The van der Waals surface area contributed by atoms with Gasteiger partial charge in [-0.05, 0) is 30.3 Å². The van der Waals surface area contributed by atoms with Gasteiger partial charge in [0.2, 0.25) is 5.88 Å². The SMILES string of the molecule is N#Cc1cc(Oc2ccc(F)c(O)c2)nc(-c2cccc(O)c2F)c1. The number of phenolic OH excluding ortho intramolecular Hbond substituents is 2. The van der Waals surface area contributed by atoms with Crippen LogP contribution < -0.4 is 4.74 Å². The van der Waals surface area contributed by atoms with Crippen LogP contribution in [0.15, 0.2) is 48.5 Å². The van der Waals surface area contributed by atoms with Gasteiger partial charge in [0.25, 0.3) is 0 Å². The summed E-state index contributed by atoms with van der Waals surface area (Å²) in [7, 11) is 0. The molecule has 3 aromatic rings. The van der Waals surface area contributed by atoms with Crippen LogP contribution in [0.25, 0.3) is 11.3 Å². The predicted molar refractivity (Wildman–Crippen MR) is 84.1 cm³/mol. The van der Waals surface area contributed by atoms with Crippen molar-refractivity contribution in [2.45, 2.75) is 0 Å². The molecule has 25 heavy (non-hydrogen) atoms. The number of rotatable bonds is 3. The topological polar surface area (TPSA) is 86.4 Å². The molecule has 3 rings (SSSR count). The highest BCUT2D eigenvalue weighted by molar-refractivity contribution is 5.64. The Balaban J connectivity index is 2.05. The van der Waals surface area contributed by atoms with Crippen LogP contribution in [0, 0.1) is 23.0 Å². The molecule has 0 radical (unpaired) electrons. The minimum atomic E-state index is -0.879. The van der Waals surface area contributed by atoms with E-state index in [0.29, 0.717) is 0 Å². The lowest BCUT2D eigenvalue weighted by molar-refractivity contribution is 0.418. The molecule has 0 atom stereocenters. The summed E-state index contributed by atoms with van der Waals surface area (Å²) in [5.41, 5.74) is 0.215. The molecule has 0 saturated heterocycles. The van der Waals surface area contributed by atoms with Gasteiger partial charge in [0, 0.05) is 17.7 Å². The average molecular weight is 340 g/mol. The molecule has 0 spiro atoms. The Labute approximate surface area is 141 Å². The maximum Gasteiger partial charge on any atom is 0.221 e. The Morgan fingerprint density at radius 2 is 1.80 bits per heavy atom. The summed E-state index contributed by atoms with van der Waals surface area (Å²) in [6.45, 7) is 0. The van der Waals surface area contributed by atoms with Gasteiger partial charge < -0.3 is 14.9 Å². The van der Waals surface area contributed by atoms with Crippen LogP contribution in [0.5, 0.6) is 23.1 Å². The Bertz CT molecular complexity index is 1000. The number of hydrogen-bond donors (Lipinski definition) is 2. The third-order valence-electron chi connectivity index (χ3n) is 3.33. The van der Waals surface area contributed by atoms with Gasteiger partial charge in [0.1, 0.15) is 5.75 Å². The molecule has 124 valence electrons. The van der Waals surface area contributed by atoms with Gasteiger partial charge >= 0.3 is 0 Å². The molecule has 1 heterocycles. The zero-order chi connectivity index (χ0) is 18.0. The van der Waals surface area contributed by atoms with E-state index in [0.717, 1.165) is 12.1 Å². The molecule has 0 aliphatic rings. The number of hydrogen-bond acceptors (Lipinski definition) is 5. The fourth-order valence-electron chi connectivity index (χ4n) is 2.15. The van der Waals surface area contributed by atoms with E-state index >= 15 is 0 Å². The van der Waals surface area contributed by atoms with Crippen molar-refractivity contribution in [3.63, 3.8) is 0 Å². The molecule has 0 bridgehead atoms. The number of nitrogens with zero attached hydrogens (tertiary/aromatic N) is 2. The Morgan fingerprint density at radius 1 is 1.00 bits per heavy atom. The summed E-state index contributed by atoms with van der Waals surface area (Å²) in [6, 6.07) is 11.9. The van der Waals surface area contributed by atoms with Crippen molar-refractivity contribution in [3.8, 4) is 40.5 Å². The molecule has 0 amide bonds. The fraction of sp³-hybridized carbons (Fsp3) is 0. The van der Waals surface area contributed by atoms with Crippen molar-refractivity contribution in [3.05, 3.63) is 65.7 Å². The van der Waals surface area contributed by atoms with Crippen LogP contribution in [0.1, 0.15) is 5.56 Å². The molecule has 1 aromatic heterocycles. The number of aromatic nitrogens is 1. The molecule has 0 aliphatic carbocycles. The first-order valence-electron chi connectivity index (χ1n) is 7.04. The van der Waals surface area contributed by atoms with Gasteiger partial charge in [0.15, 0.2) is 23.1 Å². The molecule has 2 aromatic carbocycles. The van der Waals surface area contributed by atoms with E-state index in [1.54, 1.807) is 0 Å². The maximum atomic E-state index is 14.1. The molecular weight excluding hydrogens is 330 g/mol. The molecule has 0 aliphatic heterocycles. The van der Waals surface area contributed by atoms with Gasteiger partial charge in [-0.1, -0.05) is 6.07 Å². The quantitative estimate of drug-likeness (QED) is 0.749. The van der Waals surface area contributed by atoms with Gasteiger partial charge in [-0.3, -0.25) is 0 Å². The second-order valence-electron chi connectivity index (χ2n) is 5.05. The lowest BCUT2D eigenvalue weighted by atomic mass is 10.1. The van der Waals surface area contributed by atoms with E-state index in [9.17, 15) is 19.0 Å². The van der Waals surface area contributed by atoms with Gasteiger partial charge in [-0.15, -0.1) is 0 Å². The van der Waals surface area contributed by atoms with Crippen molar-refractivity contribution in [1.82, 2.24) is 4.98 Å². The minimum absolute atomic E-state index is 0.0103. The summed E-state index contributed by atoms with van der Waals surface area (Å²) in [5.74, 6) is -2.81. The molecule has 7 heteroatoms. The number of nitriles is 1. The van der Waals surface area contributed by atoms with Crippen LogP contribution in [0.2, 0.25) is 0 Å². The van der Waals surface area contributed by atoms with Crippen molar-refractivity contribution in [2.75, 3.05) is 0 Å². The number of phenols is 2. The van der Waals surface area contributed by atoms with Crippen molar-refractivity contribution in [1.29, 1.82) is 5.26 Å². The Morgan fingerprint density at radius 3 is 2.52 bits per heavy atom. The van der Waals surface area contributed by atoms with Crippen molar-refractivity contribution >= 4 is 0 Å². The van der Waals surface area contributed by atoms with Crippen LogP contribution in [0.4, 0.5) is 8.78 Å². The standard InChI is InChI=1S/C18H10F2N2O3/c19-13-5-4-11(8-16(13)24)25-17-7-10(9-21)6-14(22-17)12-2-1-3-15(23)18(12)20/h1-8,23-24H. The molecule has 5 nitrogen and oxygen atoms in total. The normalized spacial score (nSPS) is 10.3. The largest absolute Gasteiger partial charge is 0.505 e. The Kier molecular flexibility index (Phi) is 4.18. The third kappa shape index (κ3) is 3.33. The number of benzene rings is 2. The first-order chi connectivity index (χ1) is 12.0. The minimum Gasteiger partial charge on any atom is -0.505 e. The van der Waals surface area contributed by atoms with Gasteiger partial charge in [0.05, 0.1) is 17.3 Å². The van der Waals surface area contributed by atoms with Gasteiger partial charge in [-0.25, -0.2) is 13.8 Å². The van der Waals surface area contributed by atoms with Crippen LogP contribution >= 0.6 is 0 Å². The summed E-state index contributed by atoms with van der Waals surface area (Å²) < 4.78 is 32.6. The van der Waals surface area contributed by atoms with Crippen LogP contribution in [0.3, 0.4) is 0 Å². The second-order valence-corrected chi connectivity index (χ2v) is 5.05. The summed E-state index contributed by atoms with van der Waals surface area (Å²) in [6.07, 6.45) is 0. The molecule has 0 unspecified atom stereocenters. The number of pyridine rings is 1. The average Bonchev–Trinajstić information content (AvgIpc) is 2.60. The highest BCUT2D eigenvalue weighted by Crippen LogP contribution is 2.31. The number of aromatic hydroxyl groups is 2. The van der Waals surface area contributed by atoms with E-state index in [-0.39, 0.29) is 28.5 Å². The van der Waals surface area contributed by atoms with Gasteiger partial charge in [-0.2, -0.15) is 5.26 Å². The zero-order valence-corrected chi connectivity index (χ0v) is 12.6. The van der Waals surface area contributed by atoms with E-state index in [4.69, 9.17) is 10.00 Å². The monoisotopic (exact) mass is 340 g/mol. The smallest absolute Gasteiger partial charge is 0.221 e. The highest BCUT2D eigenvalue weighted by Gasteiger charge is 2.14. The highest BCUT2D eigenvalue weighted by atomic mass is 19.1. The summed E-state index contributed by atoms with van der Waals surface area (Å²) in [4.78, 5) is 4.10. The molecular formula is C18H10F2N2O3. The third-order valence-corrected chi connectivity index (χ3v) is 3.33. The molecule has 0 saturated carbocycles. The predicted octanol–water partition coefficient (Wildman–Crippen LogP) is 4.10. The first-order valence-corrected chi connectivity index (χ1v) is 7.04. The lowest BCUT2D eigenvalue weighted by Gasteiger charge is -2.09. The summed E-state index contributed by atoms with van der Waals surface area (Å²) in [5, 5.41) is 28.0. The Hall–Kier alpha value is -3.66. The number of ether oxygens (including phenoxy) is 1. The lowest BCUT2D eigenvalue weighted by Crippen LogP contribution is -1.94. The fourth-order valence-corrected chi connectivity index (χ4v) is 2.15. The van der Waals surface area contributed by atoms with Crippen LogP contribution in [-0.2, 0) is 0 Å².